The minimum atomic E-state index is -0.139. The molecule has 3 rings (SSSR count). The van der Waals surface area contributed by atoms with Gasteiger partial charge in [0.05, 0.1) is 24.7 Å². The first kappa shape index (κ1) is 13.7. The van der Waals surface area contributed by atoms with Gasteiger partial charge in [-0.25, -0.2) is 15.0 Å². The van der Waals surface area contributed by atoms with Crippen molar-refractivity contribution >= 4 is 5.91 Å². The molecule has 0 fully saturated rings. The second kappa shape index (κ2) is 5.59. The lowest BCUT2D eigenvalue weighted by molar-refractivity contribution is -0.136. The average molecular weight is 286 g/mol. The van der Waals surface area contributed by atoms with Crippen molar-refractivity contribution in [3.63, 3.8) is 0 Å². The smallest absolute Gasteiger partial charge is 0.227 e. The van der Waals surface area contributed by atoms with Crippen LogP contribution in [0.5, 0.6) is 0 Å². The van der Waals surface area contributed by atoms with Crippen LogP contribution in [0.2, 0.25) is 0 Å². The lowest BCUT2D eigenvalue weighted by Crippen LogP contribution is -2.32. The van der Waals surface area contributed by atoms with Gasteiger partial charge in [-0.15, -0.1) is 0 Å². The number of aryl methyl sites for hydroxylation is 1. The van der Waals surface area contributed by atoms with E-state index < -0.39 is 0 Å². The Morgan fingerprint density at radius 3 is 3.00 bits per heavy atom. The highest BCUT2D eigenvalue weighted by Gasteiger charge is 2.28. The Balaban J connectivity index is 1.67. The van der Waals surface area contributed by atoms with E-state index in [1.165, 1.54) is 6.33 Å². The summed E-state index contributed by atoms with van der Waals surface area (Å²) in [7, 11) is 0. The molecule has 0 spiro atoms. The largest absolute Gasteiger partial charge is 0.332 e. The van der Waals surface area contributed by atoms with Crippen molar-refractivity contribution in [2.24, 2.45) is 5.92 Å². The van der Waals surface area contributed by atoms with E-state index >= 15 is 0 Å². The predicted octanol–water partition coefficient (Wildman–Crippen LogP) is 0.809. The van der Waals surface area contributed by atoms with Crippen LogP contribution in [0.1, 0.15) is 30.9 Å². The first-order valence-electron chi connectivity index (χ1n) is 7.12. The van der Waals surface area contributed by atoms with Crippen LogP contribution in [-0.4, -0.2) is 35.5 Å². The summed E-state index contributed by atoms with van der Waals surface area (Å²) in [6.07, 6.45) is 5.76. The van der Waals surface area contributed by atoms with Gasteiger partial charge in [0, 0.05) is 24.7 Å². The third-order valence-electron chi connectivity index (χ3n) is 3.68. The topological polar surface area (TPSA) is 76.8 Å². The maximum atomic E-state index is 12.5. The Labute approximate surface area is 123 Å². The summed E-state index contributed by atoms with van der Waals surface area (Å²) in [5, 5.41) is 4.04. The summed E-state index contributed by atoms with van der Waals surface area (Å²) in [5.74, 6) is 0.805. The van der Waals surface area contributed by atoms with E-state index in [9.17, 15) is 4.79 Å². The van der Waals surface area contributed by atoms with Crippen LogP contribution in [0.3, 0.4) is 0 Å². The number of hydrogen-bond donors (Lipinski definition) is 0. The minimum absolute atomic E-state index is 0.113. The first-order chi connectivity index (χ1) is 10.2. The molecule has 1 amide bonds. The van der Waals surface area contributed by atoms with Gasteiger partial charge in [-0.05, 0) is 0 Å². The molecule has 0 N–H and O–H groups in total. The van der Waals surface area contributed by atoms with Crippen molar-refractivity contribution in [1.29, 1.82) is 0 Å². The van der Waals surface area contributed by atoms with Gasteiger partial charge in [0.15, 0.2) is 0 Å². The number of hydrogen-bond acceptors (Lipinski definition) is 5. The molecule has 0 saturated carbocycles. The second-order valence-electron chi connectivity index (χ2n) is 5.32. The Hall–Kier alpha value is -2.31. The van der Waals surface area contributed by atoms with Crippen molar-refractivity contribution < 1.29 is 4.79 Å². The van der Waals surface area contributed by atoms with Crippen molar-refractivity contribution in [3.05, 3.63) is 35.9 Å². The maximum absolute atomic E-state index is 12.5. The summed E-state index contributed by atoms with van der Waals surface area (Å²) in [6.45, 7) is 5.65. The first-order valence-corrected chi connectivity index (χ1v) is 7.12. The fraction of sp³-hybridized carbons (Fsp3) is 0.500. The molecule has 1 atom stereocenters. The summed E-state index contributed by atoms with van der Waals surface area (Å²) < 4.78 is 1.68. The van der Waals surface area contributed by atoms with Crippen molar-refractivity contribution in [1.82, 2.24) is 29.6 Å². The highest BCUT2D eigenvalue weighted by molar-refractivity contribution is 5.79. The Morgan fingerprint density at radius 2 is 2.29 bits per heavy atom. The molecule has 1 aliphatic rings. The van der Waals surface area contributed by atoms with E-state index in [0.717, 1.165) is 23.5 Å². The summed E-state index contributed by atoms with van der Waals surface area (Å²) in [6, 6.07) is 0. The van der Waals surface area contributed by atoms with E-state index in [4.69, 9.17) is 0 Å². The van der Waals surface area contributed by atoms with E-state index in [1.54, 1.807) is 11.0 Å². The SMILES string of the molecule is CCc1ncc2c(n1)CN(C(=O)[C@@H](C)Cn1cncn1)C2. The zero-order valence-electron chi connectivity index (χ0n) is 12.2. The molecule has 0 radical (unpaired) electrons. The Morgan fingerprint density at radius 1 is 1.43 bits per heavy atom. The van der Waals surface area contributed by atoms with Crippen LogP contribution in [0.25, 0.3) is 0 Å². The average Bonchev–Trinajstić information content (AvgIpc) is 3.14. The van der Waals surface area contributed by atoms with Gasteiger partial charge < -0.3 is 4.90 Å². The zero-order valence-corrected chi connectivity index (χ0v) is 12.2. The number of amides is 1. The predicted molar refractivity (Wildman–Crippen MR) is 74.9 cm³/mol. The molecule has 0 aromatic carbocycles. The van der Waals surface area contributed by atoms with Gasteiger partial charge in [-0.1, -0.05) is 13.8 Å². The molecule has 3 heterocycles. The molecule has 0 aliphatic carbocycles. The number of aromatic nitrogens is 5. The number of rotatable bonds is 4. The van der Waals surface area contributed by atoms with Crippen molar-refractivity contribution in [2.75, 3.05) is 0 Å². The van der Waals surface area contributed by atoms with E-state index in [-0.39, 0.29) is 11.8 Å². The Kier molecular flexibility index (Phi) is 3.64. The highest BCUT2D eigenvalue weighted by atomic mass is 16.2. The van der Waals surface area contributed by atoms with Crippen molar-refractivity contribution in [2.45, 2.75) is 39.9 Å². The molecular weight excluding hydrogens is 268 g/mol. The van der Waals surface area contributed by atoms with Gasteiger partial charge in [0.1, 0.15) is 18.5 Å². The van der Waals surface area contributed by atoms with Gasteiger partial charge in [0.2, 0.25) is 5.91 Å². The number of carbonyl (C=O) groups excluding carboxylic acids is 1. The van der Waals surface area contributed by atoms with Gasteiger partial charge in [-0.3, -0.25) is 9.48 Å². The summed E-state index contributed by atoms with van der Waals surface area (Å²) >= 11 is 0. The fourth-order valence-electron chi connectivity index (χ4n) is 2.52. The van der Waals surface area contributed by atoms with Crippen LogP contribution in [-0.2, 0) is 30.8 Å². The normalized spacial score (nSPS) is 15.0. The van der Waals surface area contributed by atoms with Crippen LogP contribution in [0.4, 0.5) is 0 Å². The molecule has 2 aromatic rings. The third-order valence-corrected chi connectivity index (χ3v) is 3.68. The van der Waals surface area contributed by atoms with Gasteiger partial charge in [-0.2, -0.15) is 5.10 Å². The molecule has 1 aliphatic heterocycles. The van der Waals surface area contributed by atoms with E-state index in [2.05, 4.69) is 20.1 Å². The second-order valence-corrected chi connectivity index (χ2v) is 5.32. The van der Waals surface area contributed by atoms with Crippen LogP contribution >= 0.6 is 0 Å². The fourth-order valence-corrected chi connectivity index (χ4v) is 2.52. The lowest BCUT2D eigenvalue weighted by Gasteiger charge is -2.19. The highest BCUT2D eigenvalue weighted by Crippen LogP contribution is 2.22. The van der Waals surface area contributed by atoms with Crippen LogP contribution < -0.4 is 0 Å². The minimum Gasteiger partial charge on any atom is -0.332 e. The lowest BCUT2D eigenvalue weighted by atomic mass is 10.1. The standard InChI is InChI=1S/C14H18N6O/c1-3-13-16-4-11-6-19(7-12(11)18-13)14(21)10(2)5-20-9-15-8-17-20/h4,8-10H,3,5-7H2,1-2H3/t10-/m0/s1. The van der Waals surface area contributed by atoms with E-state index in [1.807, 2.05) is 24.9 Å². The molecule has 7 nitrogen and oxygen atoms in total. The van der Waals surface area contributed by atoms with E-state index in [0.29, 0.717) is 19.6 Å². The molecule has 21 heavy (non-hydrogen) atoms. The molecule has 110 valence electrons. The quantitative estimate of drug-likeness (QED) is 0.831. The molecule has 0 saturated heterocycles. The number of fused-ring (bicyclic) bond motifs is 1. The zero-order chi connectivity index (χ0) is 14.8. The molecule has 0 unspecified atom stereocenters. The molecule has 7 heteroatoms. The number of nitrogens with zero attached hydrogens (tertiary/aromatic N) is 6. The third kappa shape index (κ3) is 2.76. The molecule has 2 aromatic heterocycles. The van der Waals surface area contributed by atoms with Crippen molar-refractivity contribution in [3.8, 4) is 0 Å². The van der Waals surface area contributed by atoms with Gasteiger partial charge in [0.25, 0.3) is 0 Å². The number of carbonyl (C=O) groups is 1. The Bertz CT molecular complexity index is 639. The summed E-state index contributed by atoms with van der Waals surface area (Å²) in [5.41, 5.74) is 2.02. The van der Waals surface area contributed by atoms with Gasteiger partial charge >= 0.3 is 0 Å². The monoisotopic (exact) mass is 286 g/mol. The van der Waals surface area contributed by atoms with Crippen LogP contribution in [0.15, 0.2) is 18.9 Å². The van der Waals surface area contributed by atoms with Crippen LogP contribution in [0, 0.1) is 5.92 Å². The summed E-state index contributed by atoms with van der Waals surface area (Å²) in [4.78, 5) is 27.0. The molecular formula is C14H18N6O. The molecule has 0 bridgehead atoms. The maximum Gasteiger partial charge on any atom is 0.227 e.